The molecule has 0 aliphatic heterocycles. The maximum absolute atomic E-state index is 10.0. The molecule has 92 valence electrons. The highest BCUT2D eigenvalue weighted by atomic mass is 16.3. The zero-order chi connectivity index (χ0) is 13.3. The lowest BCUT2D eigenvalue weighted by molar-refractivity contribution is 0.465. The molecule has 2 aromatic rings. The van der Waals surface area contributed by atoms with E-state index < -0.39 is 0 Å². The Balaban J connectivity index is 2.46. The molecule has 2 heteroatoms. The second-order valence-electron chi connectivity index (χ2n) is 4.80. The van der Waals surface area contributed by atoms with E-state index in [9.17, 15) is 5.11 Å². The minimum absolute atomic E-state index is 0.316. The zero-order valence-corrected chi connectivity index (χ0v) is 10.9. The molecule has 1 heterocycles. The summed E-state index contributed by atoms with van der Waals surface area (Å²) in [5.41, 5.74) is 3.80. The Morgan fingerprint density at radius 1 is 1.22 bits per heavy atom. The van der Waals surface area contributed by atoms with E-state index in [4.69, 9.17) is 6.42 Å². The Kier molecular flexibility index (Phi) is 3.16. The van der Waals surface area contributed by atoms with Crippen LogP contribution in [0.25, 0.3) is 11.1 Å². The molecule has 1 N–H and O–H groups in total. The number of phenols is 1. The lowest BCUT2D eigenvalue weighted by Crippen LogP contribution is -1.88. The largest absolute Gasteiger partial charge is 0.508 e. The van der Waals surface area contributed by atoms with Gasteiger partial charge in [-0.3, -0.25) is 0 Å². The highest BCUT2D eigenvalue weighted by molar-refractivity contribution is 5.67. The van der Waals surface area contributed by atoms with Crippen LogP contribution in [0.1, 0.15) is 31.0 Å². The second-order valence-corrected chi connectivity index (χ2v) is 4.80. The summed E-state index contributed by atoms with van der Waals surface area (Å²) in [5, 5.41) is 10.0. The van der Waals surface area contributed by atoms with Crippen LogP contribution in [-0.2, 0) is 7.05 Å². The lowest BCUT2D eigenvalue weighted by Gasteiger charge is -2.09. The number of aromatic hydroxyl groups is 1. The quantitative estimate of drug-likeness (QED) is 0.797. The van der Waals surface area contributed by atoms with Gasteiger partial charge in [0.1, 0.15) is 5.75 Å². The summed E-state index contributed by atoms with van der Waals surface area (Å²) >= 11 is 0. The summed E-state index contributed by atoms with van der Waals surface area (Å²) in [5.74, 6) is 3.29. The molecule has 0 radical (unpaired) electrons. The predicted octanol–water partition coefficient (Wildman–Crippen LogP) is 3.50. The van der Waals surface area contributed by atoms with Gasteiger partial charge in [-0.1, -0.05) is 31.9 Å². The average molecular weight is 239 g/mol. The van der Waals surface area contributed by atoms with Gasteiger partial charge in [-0.25, -0.2) is 0 Å². The van der Waals surface area contributed by atoms with E-state index in [0.717, 1.165) is 22.4 Å². The first-order valence-corrected chi connectivity index (χ1v) is 5.99. The zero-order valence-electron chi connectivity index (χ0n) is 10.9. The molecule has 0 amide bonds. The fourth-order valence-electron chi connectivity index (χ4n) is 2.08. The second kappa shape index (κ2) is 4.62. The first kappa shape index (κ1) is 12.3. The molecule has 0 saturated carbocycles. The van der Waals surface area contributed by atoms with Crippen LogP contribution in [0.15, 0.2) is 30.5 Å². The summed E-state index contributed by atoms with van der Waals surface area (Å²) < 4.78 is 1.91. The summed E-state index contributed by atoms with van der Waals surface area (Å²) in [6.07, 6.45) is 7.39. The van der Waals surface area contributed by atoms with Gasteiger partial charge in [-0.15, -0.1) is 6.42 Å². The third kappa shape index (κ3) is 2.12. The van der Waals surface area contributed by atoms with E-state index in [-0.39, 0.29) is 0 Å². The molecule has 0 saturated heterocycles. The molecule has 0 unspecified atom stereocenters. The summed E-state index contributed by atoms with van der Waals surface area (Å²) in [7, 11) is 1.92. The Labute approximate surface area is 108 Å². The number of rotatable bonds is 2. The molecule has 0 aliphatic rings. The van der Waals surface area contributed by atoms with Crippen LogP contribution in [0, 0.1) is 12.3 Å². The average Bonchev–Trinajstić information content (AvgIpc) is 2.70. The Bertz CT molecular complexity index is 615. The highest BCUT2D eigenvalue weighted by Gasteiger charge is 2.09. The van der Waals surface area contributed by atoms with Gasteiger partial charge < -0.3 is 9.67 Å². The molecule has 1 aromatic heterocycles. The monoisotopic (exact) mass is 239 g/mol. The van der Waals surface area contributed by atoms with E-state index in [1.54, 1.807) is 6.07 Å². The number of nitrogens with zero attached hydrogens (tertiary/aromatic N) is 1. The van der Waals surface area contributed by atoms with Crippen LogP contribution in [0.4, 0.5) is 0 Å². The van der Waals surface area contributed by atoms with Crippen molar-refractivity contribution in [1.29, 1.82) is 0 Å². The van der Waals surface area contributed by atoms with Crippen molar-refractivity contribution in [2.45, 2.75) is 19.8 Å². The normalized spacial score (nSPS) is 10.6. The van der Waals surface area contributed by atoms with E-state index in [0.29, 0.717) is 11.7 Å². The van der Waals surface area contributed by atoms with Crippen LogP contribution >= 0.6 is 0 Å². The van der Waals surface area contributed by atoms with Crippen LogP contribution in [0.2, 0.25) is 0 Å². The van der Waals surface area contributed by atoms with Crippen molar-refractivity contribution in [3.8, 4) is 29.2 Å². The van der Waals surface area contributed by atoms with Crippen molar-refractivity contribution in [2.75, 3.05) is 0 Å². The SMILES string of the molecule is C#Cc1cc(-c2ccc(C(C)C)c(O)c2)cn1C. The van der Waals surface area contributed by atoms with Gasteiger partial charge in [0, 0.05) is 18.8 Å². The van der Waals surface area contributed by atoms with Gasteiger partial charge in [0.25, 0.3) is 0 Å². The van der Waals surface area contributed by atoms with Gasteiger partial charge in [0.05, 0.1) is 5.69 Å². The molecular formula is C16H17NO. The molecule has 0 atom stereocenters. The Hall–Kier alpha value is -2.14. The number of benzene rings is 1. The van der Waals surface area contributed by atoms with E-state index >= 15 is 0 Å². The van der Waals surface area contributed by atoms with Gasteiger partial charge >= 0.3 is 0 Å². The van der Waals surface area contributed by atoms with Crippen LogP contribution < -0.4 is 0 Å². The standard InChI is InChI=1S/C16H17NO/c1-5-14-8-13(10-17(14)4)12-6-7-15(11(2)3)16(18)9-12/h1,6-11,18H,2-4H3. The highest BCUT2D eigenvalue weighted by Crippen LogP contribution is 2.31. The van der Waals surface area contributed by atoms with E-state index in [2.05, 4.69) is 19.8 Å². The van der Waals surface area contributed by atoms with E-state index in [1.165, 1.54) is 0 Å². The summed E-state index contributed by atoms with van der Waals surface area (Å²) in [6.45, 7) is 4.13. The molecule has 0 fully saturated rings. The van der Waals surface area contributed by atoms with Crippen molar-refractivity contribution in [3.63, 3.8) is 0 Å². The van der Waals surface area contributed by atoms with Crippen molar-refractivity contribution in [2.24, 2.45) is 7.05 Å². The van der Waals surface area contributed by atoms with Gasteiger partial charge in [-0.2, -0.15) is 0 Å². The smallest absolute Gasteiger partial charge is 0.119 e. The first-order valence-electron chi connectivity index (χ1n) is 5.99. The fraction of sp³-hybridized carbons (Fsp3) is 0.250. The minimum atomic E-state index is 0.316. The van der Waals surface area contributed by atoms with Crippen LogP contribution in [0.5, 0.6) is 5.75 Å². The fourth-order valence-corrected chi connectivity index (χ4v) is 2.08. The molecule has 0 bridgehead atoms. The Morgan fingerprint density at radius 3 is 2.44 bits per heavy atom. The van der Waals surface area contributed by atoms with Gasteiger partial charge in [-0.05, 0) is 29.2 Å². The van der Waals surface area contributed by atoms with E-state index in [1.807, 2.05) is 36.0 Å². The van der Waals surface area contributed by atoms with Crippen molar-refractivity contribution in [1.82, 2.24) is 4.57 Å². The minimum Gasteiger partial charge on any atom is -0.508 e. The molecule has 1 aromatic carbocycles. The van der Waals surface area contributed by atoms with Crippen LogP contribution in [-0.4, -0.2) is 9.67 Å². The van der Waals surface area contributed by atoms with Crippen LogP contribution in [0.3, 0.4) is 0 Å². The first-order chi connectivity index (χ1) is 8.52. The number of phenolic OH excluding ortho intramolecular Hbond substituents is 1. The summed E-state index contributed by atoms with van der Waals surface area (Å²) in [6, 6.07) is 7.73. The van der Waals surface area contributed by atoms with Crippen molar-refractivity contribution < 1.29 is 5.11 Å². The number of terminal acetylenes is 1. The number of aryl methyl sites for hydroxylation is 1. The van der Waals surface area contributed by atoms with Crippen molar-refractivity contribution in [3.05, 3.63) is 41.7 Å². The number of aromatic nitrogens is 1. The van der Waals surface area contributed by atoms with Gasteiger partial charge in [0.15, 0.2) is 0 Å². The maximum Gasteiger partial charge on any atom is 0.119 e. The molecule has 0 spiro atoms. The molecule has 2 nitrogen and oxygen atoms in total. The number of hydrogen-bond donors (Lipinski definition) is 1. The maximum atomic E-state index is 10.0. The number of hydrogen-bond acceptors (Lipinski definition) is 1. The third-order valence-electron chi connectivity index (χ3n) is 3.14. The summed E-state index contributed by atoms with van der Waals surface area (Å²) in [4.78, 5) is 0. The molecule has 0 aliphatic carbocycles. The molecule has 18 heavy (non-hydrogen) atoms. The van der Waals surface area contributed by atoms with Crippen molar-refractivity contribution >= 4 is 0 Å². The predicted molar refractivity (Wildman–Crippen MR) is 74.5 cm³/mol. The topological polar surface area (TPSA) is 25.2 Å². The molecule has 2 rings (SSSR count). The Morgan fingerprint density at radius 2 is 1.94 bits per heavy atom. The molecular weight excluding hydrogens is 222 g/mol. The third-order valence-corrected chi connectivity index (χ3v) is 3.14. The van der Waals surface area contributed by atoms with Gasteiger partial charge in [0.2, 0.25) is 0 Å². The lowest BCUT2D eigenvalue weighted by atomic mass is 9.98.